The lowest BCUT2D eigenvalue weighted by Crippen LogP contribution is -2.36. The topological polar surface area (TPSA) is 98.0 Å². The van der Waals surface area contributed by atoms with Crippen LogP contribution < -0.4 is 0 Å². The largest absolute Gasteiger partial charge is 0.400 e. The first-order chi connectivity index (χ1) is 9.21. The zero-order chi connectivity index (χ0) is 16.3. The molecular weight excluding hydrogens is 248 g/mol. The third kappa shape index (κ3) is 12.3. The molecule has 0 amide bonds. The Labute approximate surface area is 118 Å². The lowest BCUT2D eigenvalue weighted by atomic mass is 9.72. The second-order valence-corrected chi connectivity index (χ2v) is 3.59. The predicted octanol–water partition coefficient (Wildman–Crippen LogP) is 1.37. The summed E-state index contributed by atoms with van der Waals surface area (Å²) in [6.45, 7) is 5.72. The van der Waals surface area contributed by atoms with Crippen LogP contribution in [0.4, 0.5) is 0 Å². The lowest BCUT2D eigenvalue weighted by molar-refractivity contribution is -0.124. The molecule has 0 radical (unpaired) electrons. The minimum Gasteiger partial charge on any atom is -0.400 e. The highest BCUT2D eigenvalue weighted by Gasteiger charge is 2.36. The van der Waals surface area contributed by atoms with Crippen LogP contribution in [-0.4, -0.2) is 54.1 Å². The van der Waals surface area contributed by atoms with Crippen molar-refractivity contribution in [2.24, 2.45) is 5.41 Å². The van der Waals surface area contributed by atoms with Crippen molar-refractivity contribution in [1.82, 2.24) is 0 Å². The zero-order valence-corrected chi connectivity index (χ0v) is 13.4. The van der Waals surface area contributed by atoms with Crippen molar-refractivity contribution in [3.8, 4) is 0 Å². The van der Waals surface area contributed by atoms with Crippen molar-refractivity contribution in [3.05, 3.63) is 0 Å². The van der Waals surface area contributed by atoms with E-state index in [-0.39, 0.29) is 0 Å². The van der Waals surface area contributed by atoms with Crippen LogP contribution in [0.5, 0.6) is 0 Å². The Hall–Kier alpha value is -0.490. The Morgan fingerprint density at radius 3 is 1.37 bits per heavy atom. The summed E-state index contributed by atoms with van der Waals surface area (Å²) in [7, 11) is 3.00. The van der Waals surface area contributed by atoms with Crippen molar-refractivity contribution in [1.29, 1.82) is 0 Å². The Bertz CT molecular complexity index is 143. The molecule has 0 saturated heterocycles. The van der Waals surface area contributed by atoms with Crippen LogP contribution in [0.1, 0.15) is 52.9 Å². The predicted molar refractivity (Wildman–Crippen MR) is 79.0 cm³/mol. The van der Waals surface area contributed by atoms with Crippen LogP contribution >= 0.6 is 0 Å². The maximum Gasteiger partial charge on any atom is 0.128 e. The van der Waals surface area contributed by atoms with Crippen molar-refractivity contribution in [2.75, 3.05) is 21.3 Å². The first-order valence-electron chi connectivity index (χ1n) is 6.70. The Morgan fingerprint density at radius 1 is 0.895 bits per heavy atom. The smallest absolute Gasteiger partial charge is 0.128 e. The van der Waals surface area contributed by atoms with Gasteiger partial charge in [0.2, 0.25) is 0 Å². The van der Waals surface area contributed by atoms with E-state index in [1.54, 1.807) is 6.92 Å². The molecule has 5 heteroatoms. The standard InChI is InChI=1S/C9H16O2.C2H6.3CH4O/c1-8(11)9(7-10)5-3-2-4-6-9;4*1-2/h7-8,11H,2-6H2,1H3;1-2H3;3*2H,1H3. The monoisotopic (exact) mass is 282 g/mol. The normalized spacial score (nSPS) is 16.3. The summed E-state index contributed by atoms with van der Waals surface area (Å²) < 4.78 is 0. The third-order valence-corrected chi connectivity index (χ3v) is 2.85. The molecule has 1 rings (SSSR count). The molecule has 1 aliphatic carbocycles. The molecule has 1 aliphatic rings. The highest BCUT2D eigenvalue weighted by atomic mass is 16.3. The van der Waals surface area contributed by atoms with Crippen molar-refractivity contribution < 1.29 is 25.2 Å². The van der Waals surface area contributed by atoms with Gasteiger partial charge in [0.15, 0.2) is 0 Å². The number of aliphatic hydroxyl groups is 4. The summed E-state index contributed by atoms with van der Waals surface area (Å²) in [4.78, 5) is 10.8. The van der Waals surface area contributed by atoms with Gasteiger partial charge < -0.3 is 25.2 Å². The van der Waals surface area contributed by atoms with E-state index >= 15 is 0 Å². The Morgan fingerprint density at radius 2 is 1.21 bits per heavy atom. The molecule has 120 valence electrons. The molecule has 1 unspecified atom stereocenters. The molecule has 0 aromatic carbocycles. The van der Waals surface area contributed by atoms with E-state index in [4.69, 9.17) is 15.3 Å². The van der Waals surface area contributed by atoms with Crippen molar-refractivity contribution >= 4 is 6.29 Å². The molecule has 0 aromatic heterocycles. The van der Waals surface area contributed by atoms with Gasteiger partial charge in [-0.15, -0.1) is 0 Å². The molecule has 1 fully saturated rings. The Balaban J connectivity index is -0.000000121. The molecule has 0 heterocycles. The number of aldehydes is 1. The van der Waals surface area contributed by atoms with Crippen molar-refractivity contribution in [3.63, 3.8) is 0 Å². The summed E-state index contributed by atoms with van der Waals surface area (Å²) >= 11 is 0. The van der Waals surface area contributed by atoms with Gasteiger partial charge in [-0.3, -0.25) is 0 Å². The first-order valence-corrected chi connectivity index (χ1v) is 6.70. The second-order valence-electron chi connectivity index (χ2n) is 3.59. The number of aliphatic hydroxyl groups excluding tert-OH is 4. The number of carbonyl (C=O) groups is 1. The quantitative estimate of drug-likeness (QED) is 0.573. The van der Waals surface area contributed by atoms with Gasteiger partial charge in [-0.05, 0) is 19.8 Å². The number of hydrogen-bond donors (Lipinski definition) is 4. The van der Waals surface area contributed by atoms with E-state index in [0.29, 0.717) is 0 Å². The highest BCUT2D eigenvalue weighted by molar-refractivity contribution is 5.60. The average molecular weight is 282 g/mol. The van der Waals surface area contributed by atoms with Gasteiger partial charge in [0.25, 0.3) is 0 Å². The number of carbonyl (C=O) groups excluding carboxylic acids is 1. The summed E-state index contributed by atoms with van der Waals surface area (Å²) in [6, 6.07) is 0. The van der Waals surface area contributed by atoms with Crippen LogP contribution in [-0.2, 0) is 4.79 Å². The summed E-state index contributed by atoms with van der Waals surface area (Å²) in [5.74, 6) is 0. The fourth-order valence-electron chi connectivity index (χ4n) is 1.84. The van der Waals surface area contributed by atoms with Gasteiger partial charge in [0, 0.05) is 21.3 Å². The third-order valence-electron chi connectivity index (χ3n) is 2.85. The molecule has 5 nitrogen and oxygen atoms in total. The molecule has 0 aliphatic heterocycles. The number of rotatable bonds is 2. The van der Waals surface area contributed by atoms with E-state index < -0.39 is 11.5 Å². The number of hydrogen-bond acceptors (Lipinski definition) is 5. The van der Waals surface area contributed by atoms with E-state index in [1.165, 1.54) is 6.42 Å². The zero-order valence-electron chi connectivity index (χ0n) is 13.4. The van der Waals surface area contributed by atoms with Gasteiger partial charge in [0.05, 0.1) is 11.5 Å². The minimum atomic E-state index is -0.472. The van der Waals surface area contributed by atoms with Crippen LogP contribution in [0.15, 0.2) is 0 Å². The summed E-state index contributed by atoms with van der Waals surface area (Å²) in [5.41, 5.74) is -0.405. The fraction of sp³-hybridized carbons (Fsp3) is 0.929. The van der Waals surface area contributed by atoms with Crippen LogP contribution in [0, 0.1) is 5.41 Å². The maximum absolute atomic E-state index is 10.8. The average Bonchev–Trinajstić information content (AvgIpc) is 2.55. The van der Waals surface area contributed by atoms with Gasteiger partial charge >= 0.3 is 0 Å². The lowest BCUT2D eigenvalue weighted by Gasteiger charge is -2.34. The van der Waals surface area contributed by atoms with Gasteiger partial charge in [0.1, 0.15) is 6.29 Å². The van der Waals surface area contributed by atoms with Crippen LogP contribution in [0.3, 0.4) is 0 Å². The van der Waals surface area contributed by atoms with E-state index in [0.717, 1.165) is 53.3 Å². The molecule has 1 saturated carbocycles. The first kappa shape index (κ1) is 27.0. The van der Waals surface area contributed by atoms with Gasteiger partial charge in [-0.1, -0.05) is 33.1 Å². The molecular formula is C14H34O5. The second kappa shape index (κ2) is 22.7. The van der Waals surface area contributed by atoms with E-state index in [9.17, 15) is 9.90 Å². The van der Waals surface area contributed by atoms with Crippen LogP contribution in [0.25, 0.3) is 0 Å². The summed E-state index contributed by atoms with van der Waals surface area (Å²) in [5, 5.41) is 30.4. The SMILES string of the molecule is CC.CC(O)C1(C=O)CCCCC1.CO.CO.CO. The van der Waals surface area contributed by atoms with Gasteiger partial charge in [-0.2, -0.15) is 0 Å². The maximum atomic E-state index is 10.8. The molecule has 0 aromatic rings. The molecule has 0 spiro atoms. The molecule has 4 N–H and O–H groups in total. The van der Waals surface area contributed by atoms with E-state index in [1.807, 2.05) is 13.8 Å². The molecule has 19 heavy (non-hydrogen) atoms. The fourth-order valence-corrected chi connectivity index (χ4v) is 1.84. The van der Waals surface area contributed by atoms with Crippen molar-refractivity contribution in [2.45, 2.75) is 59.0 Å². The van der Waals surface area contributed by atoms with E-state index in [2.05, 4.69) is 0 Å². The Kier molecular flexibility index (Phi) is 32.2. The molecule has 0 bridgehead atoms. The summed E-state index contributed by atoms with van der Waals surface area (Å²) in [6.07, 6.45) is 5.61. The highest BCUT2D eigenvalue weighted by Crippen LogP contribution is 2.37. The van der Waals surface area contributed by atoms with Crippen LogP contribution in [0.2, 0.25) is 0 Å². The molecule has 1 atom stereocenters. The minimum absolute atomic E-state index is 0.405. The van der Waals surface area contributed by atoms with Gasteiger partial charge in [-0.25, -0.2) is 0 Å².